The van der Waals surface area contributed by atoms with Crippen molar-refractivity contribution in [1.82, 2.24) is 10.3 Å². The van der Waals surface area contributed by atoms with Gasteiger partial charge in [0.05, 0.1) is 0 Å². The number of amides is 1. The minimum Gasteiger partial charge on any atom is -0.354 e. The predicted molar refractivity (Wildman–Crippen MR) is 86.2 cm³/mol. The maximum absolute atomic E-state index is 11.2. The Labute approximate surface area is 129 Å². The molecule has 0 spiro atoms. The van der Waals surface area contributed by atoms with E-state index in [2.05, 4.69) is 53.8 Å². The molecule has 0 aliphatic heterocycles. The van der Waals surface area contributed by atoms with Gasteiger partial charge in [-0.25, -0.2) is 4.98 Å². The molecule has 0 aliphatic carbocycles. The van der Waals surface area contributed by atoms with Crippen LogP contribution in [-0.4, -0.2) is 24.5 Å². The van der Waals surface area contributed by atoms with E-state index < -0.39 is 0 Å². The third-order valence-corrected chi connectivity index (χ3v) is 4.28. The van der Waals surface area contributed by atoms with Crippen molar-refractivity contribution in [3.05, 3.63) is 40.9 Å². The van der Waals surface area contributed by atoms with Crippen LogP contribution in [0.5, 0.6) is 0 Å². The summed E-state index contributed by atoms with van der Waals surface area (Å²) in [7, 11) is 1.65. The summed E-state index contributed by atoms with van der Waals surface area (Å²) >= 11 is 1.65. The highest BCUT2D eigenvalue weighted by Crippen LogP contribution is 2.25. The number of nitrogens with two attached hydrogens (primary N) is 1. The number of nitrogens with zero attached hydrogens (tertiary/aromatic N) is 1. The summed E-state index contributed by atoms with van der Waals surface area (Å²) in [6.07, 6.45) is 0. The van der Waals surface area contributed by atoms with Gasteiger partial charge in [0.1, 0.15) is 17.2 Å². The monoisotopic (exact) mass is 304 g/mol. The first-order valence-electron chi connectivity index (χ1n) is 7.17. The van der Waals surface area contributed by atoms with Crippen molar-refractivity contribution in [2.45, 2.75) is 26.3 Å². The van der Waals surface area contributed by atoms with Gasteiger partial charge >= 0.3 is 0 Å². The van der Waals surface area contributed by atoms with Crippen molar-refractivity contribution in [2.24, 2.45) is 0 Å². The molecule has 112 valence electrons. The van der Waals surface area contributed by atoms with E-state index in [0.717, 1.165) is 22.8 Å². The molecule has 0 saturated heterocycles. The van der Waals surface area contributed by atoms with Gasteiger partial charge in [-0.15, -0.1) is 11.3 Å². The summed E-state index contributed by atoms with van der Waals surface area (Å²) < 4.78 is 0. The second-order valence-electron chi connectivity index (χ2n) is 5.29. The molecule has 4 nitrogen and oxygen atoms in total. The first kappa shape index (κ1) is 15.7. The first-order chi connectivity index (χ1) is 10.1. The summed E-state index contributed by atoms with van der Waals surface area (Å²) in [6, 6.07) is 8.59. The predicted octanol–water partition coefficient (Wildman–Crippen LogP) is 1.74. The normalized spacial score (nSPS) is 10.9. The molecule has 0 saturated carbocycles. The van der Waals surface area contributed by atoms with Gasteiger partial charge in [0.2, 0.25) is 0 Å². The maximum atomic E-state index is 11.2. The van der Waals surface area contributed by atoms with Gasteiger partial charge in [0, 0.05) is 18.0 Å². The Kier molecular flexibility index (Phi) is 5.47. The molecule has 1 heterocycles. The lowest BCUT2D eigenvalue weighted by molar-refractivity contribution is -0.660. The highest BCUT2D eigenvalue weighted by Gasteiger charge is 2.08. The Bertz CT molecular complexity index is 590. The summed E-state index contributed by atoms with van der Waals surface area (Å²) in [5.41, 5.74) is 3.52. The Hall–Kier alpha value is -1.72. The van der Waals surface area contributed by atoms with Crippen molar-refractivity contribution in [2.75, 3.05) is 13.6 Å². The van der Waals surface area contributed by atoms with E-state index in [0.29, 0.717) is 12.5 Å². The molecule has 0 fully saturated rings. The largest absolute Gasteiger partial charge is 0.354 e. The number of thiazole rings is 1. The van der Waals surface area contributed by atoms with Gasteiger partial charge in [-0.3, -0.25) is 4.79 Å². The zero-order chi connectivity index (χ0) is 15.2. The number of carbonyl (C=O) groups is 1. The molecule has 21 heavy (non-hydrogen) atoms. The highest BCUT2D eigenvalue weighted by molar-refractivity contribution is 7.13. The molecule has 0 unspecified atom stereocenters. The van der Waals surface area contributed by atoms with E-state index in [1.807, 2.05) is 5.32 Å². The number of benzene rings is 1. The maximum Gasteiger partial charge on any atom is 0.274 e. The van der Waals surface area contributed by atoms with Crippen LogP contribution in [0.25, 0.3) is 10.6 Å². The van der Waals surface area contributed by atoms with Gasteiger partial charge < -0.3 is 10.6 Å². The quantitative estimate of drug-likeness (QED) is 0.854. The van der Waals surface area contributed by atoms with E-state index in [4.69, 9.17) is 0 Å². The fourth-order valence-corrected chi connectivity index (χ4v) is 2.84. The average Bonchev–Trinajstić information content (AvgIpc) is 2.96. The average molecular weight is 304 g/mol. The van der Waals surface area contributed by atoms with Crippen LogP contribution in [-0.2, 0) is 11.3 Å². The van der Waals surface area contributed by atoms with Crippen LogP contribution < -0.4 is 10.6 Å². The fraction of sp³-hybridized carbons (Fsp3) is 0.375. The molecule has 0 radical (unpaired) electrons. The molecular weight excluding hydrogens is 282 g/mol. The molecule has 0 atom stereocenters. The number of nitrogens with one attached hydrogen (secondary N) is 1. The Morgan fingerprint density at radius 1 is 1.33 bits per heavy atom. The molecule has 5 heteroatoms. The van der Waals surface area contributed by atoms with Crippen molar-refractivity contribution in [3.63, 3.8) is 0 Å². The summed E-state index contributed by atoms with van der Waals surface area (Å²) in [4.78, 5) is 15.8. The van der Waals surface area contributed by atoms with Crippen LogP contribution in [0.15, 0.2) is 29.6 Å². The molecule has 1 aromatic heterocycles. The van der Waals surface area contributed by atoms with Crippen molar-refractivity contribution >= 4 is 17.2 Å². The molecule has 2 rings (SSSR count). The minimum atomic E-state index is 0.0368. The fourth-order valence-electron chi connectivity index (χ4n) is 2.00. The van der Waals surface area contributed by atoms with E-state index in [-0.39, 0.29) is 5.91 Å². The van der Waals surface area contributed by atoms with Crippen molar-refractivity contribution in [3.8, 4) is 10.6 Å². The lowest BCUT2D eigenvalue weighted by Gasteiger charge is -2.05. The van der Waals surface area contributed by atoms with Crippen LogP contribution in [0.4, 0.5) is 0 Å². The van der Waals surface area contributed by atoms with Gasteiger partial charge in [0.15, 0.2) is 6.54 Å². The molecule has 1 aromatic carbocycles. The molecular formula is C16H22N3OS+. The smallest absolute Gasteiger partial charge is 0.274 e. The summed E-state index contributed by atoms with van der Waals surface area (Å²) in [5.74, 6) is 0.583. The Morgan fingerprint density at radius 2 is 2.05 bits per heavy atom. The topological polar surface area (TPSA) is 58.6 Å². The van der Waals surface area contributed by atoms with Gasteiger partial charge in [0.25, 0.3) is 5.91 Å². The molecule has 0 aliphatic rings. The second-order valence-corrected chi connectivity index (χ2v) is 6.15. The first-order valence-corrected chi connectivity index (χ1v) is 8.05. The summed E-state index contributed by atoms with van der Waals surface area (Å²) in [5, 5.41) is 7.66. The molecule has 0 bridgehead atoms. The number of quaternary nitrogens is 1. The van der Waals surface area contributed by atoms with Crippen LogP contribution >= 0.6 is 11.3 Å². The van der Waals surface area contributed by atoms with Gasteiger partial charge in [-0.2, -0.15) is 0 Å². The van der Waals surface area contributed by atoms with E-state index in [9.17, 15) is 4.79 Å². The molecule has 1 amide bonds. The number of hydrogen-bond donors (Lipinski definition) is 2. The third kappa shape index (κ3) is 4.37. The minimum absolute atomic E-state index is 0.0368. The number of carbonyl (C=O) groups excluding carboxylic acids is 1. The standard InChI is InChI=1S/C16H21N3OS/c1-11(2)12-4-6-13(7-5-12)16-19-14(10-21-16)8-18-9-15(20)17-3/h4-7,10-11,18H,8-9H2,1-3H3,(H,17,20)/p+1. The number of likely N-dealkylation sites (N-methyl/N-ethyl adjacent to an activating group) is 1. The van der Waals surface area contributed by atoms with E-state index >= 15 is 0 Å². The van der Waals surface area contributed by atoms with Crippen LogP contribution in [0.1, 0.15) is 31.0 Å². The number of aromatic nitrogens is 1. The SMILES string of the molecule is CNC(=O)C[NH2+]Cc1csc(-c2ccc(C(C)C)cc2)n1. The Morgan fingerprint density at radius 3 is 2.67 bits per heavy atom. The van der Waals surface area contributed by atoms with Crippen LogP contribution in [0.3, 0.4) is 0 Å². The zero-order valence-corrected chi connectivity index (χ0v) is 13.5. The van der Waals surface area contributed by atoms with Gasteiger partial charge in [-0.05, 0) is 11.5 Å². The van der Waals surface area contributed by atoms with Crippen LogP contribution in [0, 0.1) is 0 Å². The second kappa shape index (κ2) is 7.33. The zero-order valence-electron chi connectivity index (χ0n) is 12.7. The van der Waals surface area contributed by atoms with Crippen molar-refractivity contribution in [1.29, 1.82) is 0 Å². The Balaban J connectivity index is 1.97. The lowest BCUT2D eigenvalue weighted by Crippen LogP contribution is -2.85. The van der Waals surface area contributed by atoms with E-state index in [1.165, 1.54) is 5.56 Å². The number of rotatable bonds is 6. The van der Waals surface area contributed by atoms with Crippen LogP contribution in [0.2, 0.25) is 0 Å². The molecule has 3 N–H and O–H groups in total. The van der Waals surface area contributed by atoms with Gasteiger partial charge in [-0.1, -0.05) is 38.1 Å². The summed E-state index contributed by atoms with van der Waals surface area (Å²) in [6.45, 7) is 5.55. The molecule has 2 aromatic rings. The van der Waals surface area contributed by atoms with Crippen molar-refractivity contribution < 1.29 is 10.1 Å². The lowest BCUT2D eigenvalue weighted by atomic mass is 10.0. The number of hydrogen-bond acceptors (Lipinski definition) is 3. The highest BCUT2D eigenvalue weighted by atomic mass is 32.1. The van der Waals surface area contributed by atoms with E-state index in [1.54, 1.807) is 18.4 Å². The third-order valence-electron chi connectivity index (χ3n) is 3.34.